The number of hydrogen-bond donors (Lipinski definition) is 1. The highest BCUT2D eigenvalue weighted by Gasteiger charge is 2.16. The second-order valence-electron chi connectivity index (χ2n) is 4.28. The van der Waals surface area contributed by atoms with Crippen molar-refractivity contribution in [2.24, 2.45) is 5.73 Å². The standard InChI is InChI=1S/C14H17N3O2/c1-19-14(18)13(15)9-12-6-4-8-17(12)10-11-5-2-3-7-16-11/h2-8,13H,9-10,15H2,1H3. The van der Waals surface area contributed by atoms with Crippen molar-refractivity contribution in [1.82, 2.24) is 9.55 Å². The summed E-state index contributed by atoms with van der Waals surface area (Å²) in [4.78, 5) is 15.6. The van der Waals surface area contributed by atoms with Gasteiger partial charge in [0.05, 0.1) is 19.3 Å². The lowest BCUT2D eigenvalue weighted by Crippen LogP contribution is -2.34. The van der Waals surface area contributed by atoms with E-state index in [-0.39, 0.29) is 0 Å². The van der Waals surface area contributed by atoms with Crippen LogP contribution < -0.4 is 5.73 Å². The number of nitrogens with zero attached hydrogens (tertiary/aromatic N) is 2. The van der Waals surface area contributed by atoms with Gasteiger partial charge >= 0.3 is 5.97 Å². The Kier molecular flexibility index (Phi) is 4.30. The Morgan fingerprint density at radius 1 is 1.42 bits per heavy atom. The highest BCUT2D eigenvalue weighted by atomic mass is 16.5. The first-order chi connectivity index (χ1) is 9.20. The van der Waals surface area contributed by atoms with E-state index in [4.69, 9.17) is 5.73 Å². The third-order valence-electron chi connectivity index (χ3n) is 2.92. The van der Waals surface area contributed by atoms with Crippen LogP contribution in [0.15, 0.2) is 42.7 Å². The van der Waals surface area contributed by atoms with Gasteiger partial charge in [0, 0.05) is 24.5 Å². The number of methoxy groups -OCH3 is 1. The average molecular weight is 259 g/mol. The van der Waals surface area contributed by atoms with Gasteiger partial charge in [-0.1, -0.05) is 6.07 Å². The van der Waals surface area contributed by atoms with Gasteiger partial charge in [0.25, 0.3) is 0 Å². The number of carbonyl (C=O) groups is 1. The summed E-state index contributed by atoms with van der Waals surface area (Å²) < 4.78 is 6.67. The maximum Gasteiger partial charge on any atom is 0.323 e. The molecule has 0 radical (unpaired) electrons. The van der Waals surface area contributed by atoms with Crippen LogP contribution in [0.25, 0.3) is 0 Å². The van der Waals surface area contributed by atoms with Crippen LogP contribution in [0.3, 0.4) is 0 Å². The molecule has 0 aromatic carbocycles. The maximum atomic E-state index is 11.3. The van der Waals surface area contributed by atoms with E-state index < -0.39 is 12.0 Å². The first-order valence-electron chi connectivity index (χ1n) is 6.08. The van der Waals surface area contributed by atoms with Gasteiger partial charge in [-0.15, -0.1) is 0 Å². The fraction of sp³-hybridized carbons (Fsp3) is 0.286. The molecule has 100 valence electrons. The number of nitrogens with two attached hydrogens (primary N) is 1. The average Bonchev–Trinajstić information content (AvgIpc) is 2.86. The van der Waals surface area contributed by atoms with Crippen molar-refractivity contribution in [2.75, 3.05) is 7.11 Å². The summed E-state index contributed by atoms with van der Waals surface area (Å²) in [6.07, 6.45) is 4.17. The number of pyridine rings is 1. The van der Waals surface area contributed by atoms with Crippen LogP contribution in [-0.2, 0) is 22.5 Å². The number of aromatic nitrogens is 2. The summed E-state index contributed by atoms with van der Waals surface area (Å²) in [6, 6.07) is 9.04. The normalized spacial score (nSPS) is 12.1. The first-order valence-corrected chi connectivity index (χ1v) is 6.08. The molecule has 0 saturated carbocycles. The van der Waals surface area contributed by atoms with Crippen LogP contribution in [0.1, 0.15) is 11.4 Å². The van der Waals surface area contributed by atoms with Gasteiger partial charge in [0.1, 0.15) is 6.04 Å². The molecule has 1 unspecified atom stereocenters. The smallest absolute Gasteiger partial charge is 0.323 e. The predicted octanol–water partition coefficient (Wildman–Crippen LogP) is 0.974. The van der Waals surface area contributed by atoms with Gasteiger partial charge in [0.15, 0.2) is 0 Å². The number of carbonyl (C=O) groups excluding carboxylic acids is 1. The quantitative estimate of drug-likeness (QED) is 0.812. The van der Waals surface area contributed by atoms with Crippen molar-refractivity contribution >= 4 is 5.97 Å². The zero-order valence-corrected chi connectivity index (χ0v) is 10.8. The molecule has 2 aromatic heterocycles. The lowest BCUT2D eigenvalue weighted by molar-refractivity contribution is -0.142. The van der Waals surface area contributed by atoms with Gasteiger partial charge < -0.3 is 15.0 Å². The fourth-order valence-electron chi connectivity index (χ4n) is 1.92. The molecule has 0 bridgehead atoms. The second-order valence-corrected chi connectivity index (χ2v) is 4.28. The fourth-order valence-corrected chi connectivity index (χ4v) is 1.92. The van der Waals surface area contributed by atoms with Crippen LogP contribution in [0.5, 0.6) is 0 Å². The van der Waals surface area contributed by atoms with Crippen LogP contribution in [0.4, 0.5) is 0 Å². The molecule has 2 rings (SSSR count). The summed E-state index contributed by atoms with van der Waals surface area (Å²) in [7, 11) is 1.34. The van der Waals surface area contributed by atoms with Crippen molar-refractivity contribution in [3.63, 3.8) is 0 Å². The maximum absolute atomic E-state index is 11.3. The van der Waals surface area contributed by atoms with Crippen molar-refractivity contribution in [3.05, 3.63) is 54.1 Å². The largest absolute Gasteiger partial charge is 0.468 e. The van der Waals surface area contributed by atoms with E-state index in [9.17, 15) is 4.79 Å². The molecule has 0 fully saturated rings. The molecule has 0 amide bonds. The van der Waals surface area contributed by atoms with Crippen LogP contribution in [0.2, 0.25) is 0 Å². The van der Waals surface area contributed by atoms with Crippen LogP contribution in [0, 0.1) is 0 Å². The minimum absolute atomic E-state index is 0.398. The molecule has 5 heteroatoms. The molecule has 2 N–H and O–H groups in total. The molecule has 0 aliphatic heterocycles. The Hall–Kier alpha value is -2.14. The van der Waals surface area contributed by atoms with E-state index in [2.05, 4.69) is 9.72 Å². The lowest BCUT2D eigenvalue weighted by Gasteiger charge is -2.12. The number of hydrogen-bond acceptors (Lipinski definition) is 4. The minimum Gasteiger partial charge on any atom is -0.468 e. The van der Waals surface area contributed by atoms with Gasteiger partial charge in [-0.3, -0.25) is 9.78 Å². The molecule has 2 heterocycles. The van der Waals surface area contributed by atoms with E-state index in [1.807, 2.05) is 41.1 Å². The minimum atomic E-state index is -0.637. The van der Waals surface area contributed by atoms with Gasteiger partial charge in [-0.2, -0.15) is 0 Å². The summed E-state index contributed by atoms with van der Waals surface area (Å²) in [5, 5.41) is 0. The molecule has 19 heavy (non-hydrogen) atoms. The lowest BCUT2D eigenvalue weighted by atomic mass is 10.1. The molecule has 0 aliphatic carbocycles. The van der Waals surface area contributed by atoms with Crippen LogP contribution >= 0.6 is 0 Å². The van der Waals surface area contributed by atoms with Crippen molar-refractivity contribution in [3.8, 4) is 0 Å². The highest BCUT2D eigenvalue weighted by Crippen LogP contribution is 2.08. The summed E-state index contributed by atoms with van der Waals surface area (Å²) in [6.45, 7) is 0.664. The Labute approximate surface area is 112 Å². The van der Waals surface area contributed by atoms with E-state index >= 15 is 0 Å². The van der Waals surface area contributed by atoms with Crippen molar-refractivity contribution in [1.29, 1.82) is 0 Å². The Balaban J connectivity index is 2.08. The highest BCUT2D eigenvalue weighted by molar-refractivity contribution is 5.75. The Morgan fingerprint density at radius 3 is 2.95 bits per heavy atom. The van der Waals surface area contributed by atoms with Gasteiger partial charge in [0.2, 0.25) is 0 Å². The number of esters is 1. The Bertz CT molecular complexity index is 537. The Morgan fingerprint density at radius 2 is 2.26 bits per heavy atom. The molecular weight excluding hydrogens is 242 g/mol. The number of rotatable bonds is 5. The number of ether oxygens (including phenoxy) is 1. The van der Waals surface area contributed by atoms with Gasteiger partial charge in [-0.05, 0) is 24.3 Å². The summed E-state index contributed by atoms with van der Waals surface area (Å²) in [5.41, 5.74) is 7.73. The summed E-state index contributed by atoms with van der Waals surface area (Å²) >= 11 is 0. The molecule has 1 atom stereocenters. The molecule has 0 spiro atoms. The molecule has 2 aromatic rings. The molecule has 5 nitrogen and oxygen atoms in total. The third kappa shape index (κ3) is 3.42. The van der Waals surface area contributed by atoms with E-state index in [1.54, 1.807) is 6.20 Å². The monoisotopic (exact) mass is 259 g/mol. The zero-order valence-electron chi connectivity index (χ0n) is 10.8. The second kappa shape index (κ2) is 6.15. The topological polar surface area (TPSA) is 70.1 Å². The van der Waals surface area contributed by atoms with E-state index in [0.29, 0.717) is 13.0 Å². The SMILES string of the molecule is COC(=O)C(N)Cc1cccn1Cc1ccccn1. The van der Waals surface area contributed by atoms with Crippen molar-refractivity contribution < 1.29 is 9.53 Å². The molecular formula is C14H17N3O2. The van der Waals surface area contributed by atoms with Gasteiger partial charge in [-0.25, -0.2) is 0 Å². The molecule has 0 saturated heterocycles. The van der Waals surface area contributed by atoms with Crippen LogP contribution in [-0.4, -0.2) is 28.7 Å². The first kappa shape index (κ1) is 13.3. The molecule has 0 aliphatic rings. The van der Waals surface area contributed by atoms with E-state index in [0.717, 1.165) is 11.4 Å². The predicted molar refractivity (Wildman–Crippen MR) is 71.5 cm³/mol. The third-order valence-corrected chi connectivity index (χ3v) is 2.92. The zero-order chi connectivity index (χ0) is 13.7. The van der Waals surface area contributed by atoms with Crippen molar-refractivity contribution in [2.45, 2.75) is 19.0 Å². The summed E-state index contributed by atoms with van der Waals surface area (Å²) in [5.74, 6) is -0.398. The van der Waals surface area contributed by atoms with E-state index in [1.165, 1.54) is 7.11 Å².